The van der Waals surface area contributed by atoms with Crippen LogP contribution >= 0.6 is 0 Å². The molecule has 120 valence electrons. The van der Waals surface area contributed by atoms with E-state index >= 15 is 0 Å². The molecule has 0 amide bonds. The number of rotatable bonds is 3. The molecule has 0 saturated heterocycles. The summed E-state index contributed by atoms with van der Waals surface area (Å²) in [5.41, 5.74) is 0.206. The van der Waals surface area contributed by atoms with Gasteiger partial charge in [0, 0.05) is 16.3 Å². The third kappa shape index (κ3) is 3.31. The molecule has 3 nitrogen and oxygen atoms in total. The molecule has 22 heavy (non-hydrogen) atoms. The standard InChI is InChI=1S/C17H22FNO2S/c1-11(2)12-9-10-15(22(20,21)19-17(3,4)5)13-7-6-8-14(18)16(12)13/h6-11,19H,1-5H3. The van der Waals surface area contributed by atoms with Crippen molar-refractivity contribution in [3.8, 4) is 0 Å². The Hall–Kier alpha value is -1.46. The van der Waals surface area contributed by atoms with Crippen LogP contribution < -0.4 is 4.72 Å². The van der Waals surface area contributed by atoms with Crippen molar-refractivity contribution in [3.63, 3.8) is 0 Å². The number of hydrogen-bond donors (Lipinski definition) is 1. The van der Waals surface area contributed by atoms with Crippen molar-refractivity contribution < 1.29 is 12.8 Å². The average Bonchev–Trinajstić information content (AvgIpc) is 2.34. The number of nitrogens with one attached hydrogen (secondary N) is 1. The monoisotopic (exact) mass is 323 g/mol. The zero-order chi connectivity index (χ0) is 16.7. The Bertz CT molecular complexity index is 805. The first kappa shape index (κ1) is 16.9. The van der Waals surface area contributed by atoms with Crippen LogP contribution in [-0.2, 0) is 10.0 Å². The normalized spacial score (nSPS) is 13.0. The minimum atomic E-state index is -3.72. The summed E-state index contributed by atoms with van der Waals surface area (Å²) in [5, 5.41) is 0.803. The molecule has 0 heterocycles. The van der Waals surface area contributed by atoms with Gasteiger partial charge in [-0.25, -0.2) is 17.5 Å². The van der Waals surface area contributed by atoms with Gasteiger partial charge in [0.15, 0.2) is 0 Å². The Morgan fingerprint density at radius 3 is 2.27 bits per heavy atom. The summed E-state index contributed by atoms with van der Waals surface area (Å²) in [6.07, 6.45) is 0. The van der Waals surface area contributed by atoms with Crippen molar-refractivity contribution in [2.24, 2.45) is 0 Å². The molecule has 0 bridgehead atoms. The Balaban J connectivity index is 2.78. The maximum Gasteiger partial charge on any atom is 0.241 e. The zero-order valence-corrected chi connectivity index (χ0v) is 14.4. The third-order valence-electron chi connectivity index (χ3n) is 3.33. The van der Waals surface area contributed by atoms with E-state index in [0.29, 0.717) is 10.8 Å². The zero-order valence-electron chi connectivity index (χ0n) is 13.6. The number of fused-ring (bicyclic) bond motifs is 1. The highest BCUT2D eigenvalue weighted by atomic mass is 32.2. The summed E-state index contributed by atoms with van der Waals surface area (Å²) < 4.78 is 42.2. The van der Waals surface area contributed by atoms with Crippen LogP contribution in [0.5, 0.6) is 0 Å². The smallest absolute Gasteiger partial charge is 0.207 e. The molecule has 0 aliphatic rings. The lowest BCUT2D eigenvalue weighted by Gasteiger charge is -2.22. The molecule has 2 aromatic rings. The van der Waals surface area contributed by atoms with E-state index in [1.165, 1.54) is 12.1 Å². The SMILES string of the molecule is CC(C)c1ccc(S(=O)(=O)NC(C)(C)C)c2cccc(F)c12. The molecule has 2 rings (SSSR count). The van der Waals surface area contributed by atoms with Gasteiger partial charge < -0.3 is 0 Å². The Kier molecular flexibility index (Phi) is 4.33. The van der Waals surface area contributed by atoms with Crippen LogP contribution in [0.15, 0.2) is 35.2 Å². The van der Waals surface area contributed by atoms with Gasteiger partial charge in [0.2, 0.25) is 10.0 Å². The quantitative estimate of drug-likeness (QED) is 0.921. The van der Waals surface area contributed by atoms with Crippen molar-refractivity contribution in [2.75, 3.05) is 0 Å². The van der Waals surface area contributed by atoms with E-state index in [0.717, 1.165) is 5.56 Å². The summed E-state index contributed by atoms with van der Waals surface area (Å²) in [6, 6.07) is 7.82. The van der Waals surface area contributed by atoms with Crippen LogP contribution in [0.4, 0.5) is 4.39 Å². The Morgan fingerprint density at radius 1 is 1.09 bits per heavy atom. The molecular weight excluding hydrogens is 301 g/mol. The van der Waals surface area contributed by atoms with Crippen LogP contribution in [0.2, 0.25) is 0 Å². The van der Waals surface area contributed by atoms with Gasteiger partial charge in [-0.3, -0.25) is 0 Å². The minimum absolute atomic E-state index is 0.103. The first-order valence-corrected chi connectivity index (χ1v) is 8.76. The van der Waals surface area contributed by atoms with Gasteiger partial charge in [-0.05, 0) is 44.4 Å². The molecule has 5 heteroatoms. The number of benzene rings is 2. The van der Waals surface area contributed by atoms with E-state index in [-0.39, 0.29) is 10.8 Å². The topological polar surface area (TPSA) is 46.2 Å². The summed E-state index contributed by atoms with van der Waals surface area (Å²) in [7, 11) is -3.72. The summed E-state index contributed by atoms with van der Waals surface area (Å²) >= 11 is 0. The van der Waals surface area contributed by atoms with Crippen LogP contribution in [0, 0.1) is 5.82 Å². The highest BCUT2D eigenvalue weighted by molar-refractivity contribution is 7.89. The van der Waals surface area contributed by atoms with E-state index < -0.39 is 21.4 Å². The second-order valence-electron chi connectivity index (χ2n) is 6.83. The maximum absolute atomic E-state index is 14.3. The minimum Gasteiger partial charge on any atom is -0.207 e. The molecule has 0 atom stereocenters. The highest BCUT2D eigenvalue weighted by Gasteiger charge is 2.25. The van der Waals surface area contributed by atoms with E-state index in [1.54, 1.807) is 39.0 Å². The lowest BCUT2D eigenvalue weighted by Crippen LogP contribution is -2.40. The molecule has 0 aliphatic heterocycles. The maximum atomic E-state index is 14.3. The van der Waals surface area contributed by atoms with Gasteiger partial charge in [0.05, 0.1) is 4.90 Å². The first-order valence-electron chi connectivity index (χ1n) is 7.28. The number of sulfonamides is 1. The van der Waals surface area contributed by atoms with Crippen molar-refractivity contribution in [1.82, 2.24) is 4.72 Å². The lowest BCUT2D eigenvalue weighted by atomic mass is 9.96. The molecule has 0 radical (unpaired) electrons. The van der Waals surface area contributed by atoms with E-state index in [9.17, 15) is 12.8 Å². The van der Waals surface area contributed by atoms with E-state index in [2.05, 4.69) is 4.72 Å². The summed E-state index contributed by atoms with van der Waals surface area (Å²) in [5.74, 6) is -0.291. The van der Waals surface area contributed by atoms with Crippen LogP contribution in [0.25, 0.3) is 10.8 Å². The largest absolute Gasteiger partial charge is 0.241 e. The van der Waals surface area contributed by atoms with Crippen molar-refractivity contribution >= 4 is 20.8 Å². The second kappa shape index (κ2) is 5.63. The van der Waals surface area contributed by atoms with Crippen LogP contribution in [0.3, 0.4) is 0 Å². The molecule has 0 saturated carbocycles. The van der Waals surface area contributed by atoms with Gasteiger partial charge in [0.1, 0.15) is 5.82 Å². The highest BCUT2D eigenvalue weighted by Crippen LogP contribution is 2.32. The fraction of sp³-hybridized carbons (Fsp3) is 0.412. The van der Waals surface area contributed by atoms with Crippen LogP contribution in [0.1, 0.15) is 46.1 Å². The van der Waals surface area contributed by atoms with Gasteiger partial charge >= 0.3 is 0 Å². The van der Waals surface area contributed by atoms with Crippen LogP contribution in [-0.4, -0.2) is 14.0 Å². The predicted octanol–water partition coefficient (Wildman–Crippen LogP) is 4.18. The molecular formula is C17H22FNO2S. The number of halogens is 1. The molecule has 0 fully saturated rings. The van der Waals surface area contributed by atoms with Gasteiger partial charge in [-0.15, -0.1) is 0 Å². The summed E-state index contributed by atoms with van der Waals surface area (Å²) in [6.45, 7) is 9.24. The molecule has 0 aliphatic carbocycles. The van der Waals surface area contributed by atoms with Crippen molar-refractivity contribution in [2.45, 2.75) is 51.0 Å². The van der Waals surface area contributed by atoms with Crippen molar-refractivity contribution in [3.05, 3.63) is 41.7 Å². The molecule has 0 spiro atoms. The predicted molar refractivity (Wildman–Crippen MR) is 88.1 cm³/mol. The van der Waals surface area contributed by atoms with E-state index in [4.69, 9.17) is 0 Å². The Labute approximate surface area is 131 Å². The average molecular weight is 323 g/mol. The van der Waals surface area contributed by atoms with Crippen molar-refractivity contribution in [1.29, 1.82) is 0 Å². The molecule has 1 N–H and O–H groups in total. The number of hydrogen-bond acceptors (Lipinski definition) is 2. The fourth-order valence-corrected chi connectivity index (χ4v) is 4.16. The summed E-state index contributed by atoms with van der Waals surface area (Å²) in [4.78, 5) is 0.112. The third-order valence-corrected chi connectivity index (χ3v) is 5.15. The van der Waals surface area contributed by atoms with Gasteiger partial charge in [-0.1, -0.05) is 32.0 Å². The molecule has 2 aromatic carbocycles. The van der Waals surface area contributed by atoms with Gasteiger partial charge in [-0.2, -0.15) is 0 Å². The molecule has 0 aromatic heterocycles. The first-order chi connectivity index (χ1) is 10.0. The van der Waals surface area contributed by atoms with E-state index in [1.807, 2.05) is 13.8 Å². The molecule has 0 unspecified atom stereocenters. The fourth-order valence-electron chi connectivity index (χ4n) is 2.53. The lowest BCUT2D eigenvalue weighted by molar-refractivity contribution is 0.492. The van der Waals surface area contributed by atoms with Gasteiger partial charge in [0.25, 0.3) is 0 Å². The Morgan fingerprint density at radius 2 is 1.73 bits per heavy atom. The second-order valence-corrected chi connectivity index (χ2v) is 8.48.